The van der Waals surface area contributed by atoms with Crippen LogP contribution in [0.15, 0.2) is 78.9 Å². The maximum atomic E-state index is 12.5. The highest BCUT2D eigenvalue weighted by molar-refractivity contribution is 6.08. The molecule has 0 aliphatic heterocycles. The van der Waals surface area contributed by atoms with Crippen LogP contribution in [0.4, 0.5) is 0 Å². The van der Waals surface area contributed by atoms with Gasteiger partial charge in [-0.15, -0.1) is 0 Å². The summed E-state index contributed by atoms with van der Waals surface area (Å²) in [4.78, 5) is 12.5. The Morgan fingerprint density at radius 1 is 0.808 bits per heavy atom. The minimum absolute atomic E-state index is 0.132. The molecule has 0 heterocycles. The van der Waals surface area contributed by atoms with Crippen molar-refractivity contribution in [2.24, 2.45) is 0 Å². The summed E-state index contributed by atoms with van der Waals surface area (Å²) in [5.74, 6) is 1.02. The van der Waals surface area contributed by atoms with E-state index in [1.807, 2.05) is 42.5 Å². The number of ether oxygens (including phenoxy) is 2. The molecule has 3 rings (SSSR count). The van der Waals surface area contributed by atoms with Crippen molar-refractivity contribution in [3.05, 3.63) is 90.0 Å². The van der Waals surface area contributed by atoms with E-state index >= 15 is 0 Å². The van der Waals surface area contributed by atoms with E-state index in [9.17, 15) is 4.79 Å². The molecule has 0 aliphatic carbocycles. The first-order chi connectivity index (χ1) is 12.7. The van der Waals surface area contributed by atoms with Gasteiger partial charge in [0.15, 0.2) is 5.78 Å². The average Bonchev–Trinajstić information content (AvgIpc) is 2.72. The number of hydrogen-bond acceptors (Lipinski definition) is 3. The molecule has 0 aliphatic rings. The Morgan fingerprint density at radius 2 is 1.50 bits per heavy atom. The van der Waals surface area contributed by atoms with E-state index in [-0.39, 0.29) is 5.78 Å². The first kappa shape index (κ1) is 17.5. The molecule has 0 radical (unpaired) electrons. The van der Waals surface area contributed by atoms with Gasteiger partial charge in [0.05, 0.1) is 19.8 Å². The molecule has 0 amide bonds. The molecular weight excluding hydrogens is 324 g/mol. The number of benzene rings is 3. The number of carbonyl (C=O) groups is 1. The predicted octanol–water partition coefficient (Wildman–Crippen LogP) is 5.27. The minimum atomic E-state index is -0.132. The van der Waals surface area contributed by atoms with E-state index in [4.69, 9.17) is 9.47 Å². The number of methoxy groups -OCH3 is 2. The van der Waals surface area contributed by atoms with E-state index < -0.39 is 0 Å². The largest absolute Gasteiger partial charge is 0.497 e. The van der Waals surface area contributed by atoms with Gasteiger partial charge in [0.25, 0.3) is 0 Å². The Morgan fingerprint density at radius 3 is 2.15 bits per heavy atom. The molecular formula is C23H20O3. The van der Waals surface area contributed by atoms with E-state index in [2.05, 4.69) is 12.1 Å². The molecule has 0 bridgehead atoms. The van der Waals surface area contributed by atoms with Crippen LogP contribution >= 0.6 is 0 Å². The van der Waals surface area contributed by atoms with Crippen molar-refractivity contribution in [1.29, 1.82) is 0 Å². The summed E-state index contributed by atoms with van der Waals surface area (Å²) in [6.45, 7) is 0. The van der Waals surface area contributed by atoms with Gasteiger partial charge in [0, 0.05) is 0 Å². The summed E-state index contributed by atoms with van der Waals surface area (Å²) in [7, 11) is 3.12. The van der Waals surface area contributed by atoms with Gasteiger partial charge in [0.2, 0.25) is 0 Å². The molecule has 0 unspecified atom stereocenters. The summed E-state index contributed by atoms with van der Waals surface area (Å²) < 4.78 is 10.5. The van der Waals surface area contributed by atoms with Crippen molar-refractivity contribution in [2.45, 2.75) is 0 Å². The second-order valence-corrected chi connectivity index (χ2v) is 5.75. The van der Waals surface area contributed by atoms with Crippen LogP contribution in [-0.2, 0) is 0 Å². The van der Waals surface area contributed by atoms with E-state index in [1.165, 1.54) is 5.56 Å². The Bertz CT molecular complexity index is 910. The van der Waals surface area contributed by atoms with Crippen LogP contribution in [-0.4, -0.2) is 20.0 Å². The Hall–Kier alpha value is -3.33. The molecule has 3 aromatic rings. The highest BCUT2D eigenvalue weighted by Gasteiger charge is 2.11. The molecule has 0 fully saturated rings. The monoisotopic (exact) mass is 344 g/mol. The maximum absolute atomic E-state index is 12.5. The SMILES string of the molecule is COc1ccc(OC)c(C(=O)/C=C/c2ccc(-c3ccccc3)cc2)c1. The molecule has 26 heavy (non-hydrogen) atoms. The zero-order chi connectivity index (χ0) is 18.4. The molecule has 0 N–H and O–H groups in total. The highest BCUT2D eigenvalue weighted by atomic mass is 16.5. The fraction of sp³-hybridized carbons (Fsp3) is 0.0870. The average molecular weight is 344 g/mol. The maximum Gasteiger partial charge on any atom is 0.189 e. The lowest BCUT2D eigenvalue weighted by Gasteiger charge is -2.08. The van der Waals surface area contributed by atoms with Crippen molar-refractivity contribution in [1.82, 2.24) is 0 Å². The van der Waals surface area contributed by atoms with Gasteiger partial charge in [-0.1, -0.05) is 60.7 Å². The van der Waals surface area contributed by atoms with Gasteiger partial charge in [-0.2, -0.15) is 0 Å². The second-order valence-electron chi connectivity index (χ2n) is 5.75. The number of hydrogen-bond donors (Lipinski definition) is 0. The molecule has 0 aromatic heterocycles. The molecule has 3 nitrogen and oxygen atoms in total. The molecule has 3 heteroatoms. The minimum Gasteiger partial charge on any atom is -0.497 e. The lowest BCUT2D eigenvalue weighted by Crippen LogP contribution is -1.99. The third-order valence-corrected chi connectivity index (χ3v) is 4.12. The summed E-state index contributed by atoms with van der Waals surface area (Å²) >= 11 is 0. The molecule has 3 aromatic carbocycles. The molecule has 0 saturated carbocycles. The van der Waals surface area contributed by atoms with Crippen LogP contribution in [0.2, 0.25) is 0 Å². The van der Waals surface area contributed by atoms with Crippen molar-refractivity contribution in [3.8, 4) is 22.6 Å². The van der Waals surface area contributed by atoms with Gasteiger partial charge in [-0.05, 0) is 41.0 Å². The first-order valence-electron chi connectivity index (χ1n) is 8.31. The molecule has 0 atom stereocenters. The molecule has 130 valence electrons. The van der Waals surface area contributed by atoms with Gasteiger partial charge < -0.3 is 9.47 Å². The Labute approximate surface area is 153 Å². The van der Waals surface area contributed by atoms with Gasteiger partial charge >= 0.3 is 0 Å². The fourth-order valence-electron chi connectivity index (χ4n) is 2.69. The van der Waals surface area contributed by atoms with Crippen molar-refractivity contribution < 1.29 is 14.3 Å². The van der Waals surface area contributed by atoms with Crippen molar-refractivity contribution in [3.63, 3.8) is 0 Å². The summed E-state index contributed by atoms with van der Waals surface area (Å²) in [5.41, 5.74) is 3.74. The normalized spacial score (nSPS) is 10.7. The van der Waals surface area contributed by atoms with Crippen LogP contribution in [0, 0.1) is 0 Å². The number of allylic oxidation sites excluding steroid dienone is 1. The van der Waals surface area contributed by atoms with Crippen LogP contribution in [0.1, 0.15) is 15.9 Å². The first-order valence-corrected chi connectivity index (χ1v) is 8.31. The van der Waals surface area contributed by atoms with Gasteiger partial charge in [-0.25, -0.2) is 0 Å². The number of carbonyl (C=O) groups excluding carboxylic acids is 1. The third kappa shape index (κ3) is 4.01. The van der Waals surface area contributed by atoms with E-state index in [0.717, 1.165) is 11.1 Å². The van der Waals surface area contributed by atoms with Crippen molar-refractivity contribution in [2.75, 3.05) is 14.2 Å². The molecule has 0 spiro atoms. The predicted molar refractivity (Wildman–Crippen MR) is 105 cm³/mol. The number of rotatable bonds is 6. The molecule has 0 saturated heterocycles. The third-order valence-electron chi connectivity index (χ3n) is 4.12. The van der Waals surface area contributed by atoms with Crippen LogP contribution in [0.3, 0.4) is 0 Å². The summed E-state index contributed by atoms with van der Waals surface area (Å²) in [6, 6.07) is 23.4. The summed E-state index contributed by atoms with van der Waals surface area (Å²) in [6.07, 6.45) is 3.35. The fourth-order valence-corrected chi connectivity index (χ4v) is 2.69. The lowest BCUT2D eigenvalue weighted by molar-refractivity contribution is 0.104. The van der Waals surface area contributed by atoms with E-state index in [0.29, 0.717) is 17.1 Å². The van der Waals surface area contributed by atoms with Gasteiger partial charge in [0.1, 0.15) is 11.5 Å². The smallest absolute Gasteiger partial charge is 0.189 e. The van der Waals surface area contributed by atoms with Crippen LogP contribution < -0.4 is 9.47 Å². The zero-order valence-electron chi connectivity index (χ0n) is 14.8. The highest BCUT2D eigenvalue weighted by Crippen LogP contribution is 2.25. The van der Waals surface area contributed by atoms with Crippen molar-refractivity contribution >= 4 is 11.9 Å². The zero-order valence-corrected chi connectivity index (χ0v) is 14.8. The summed E-state index contributed by atoms with van der Waals surface area (Å²) in [5, 5.41) is 0. The van der Waals surface area contributed by atoms with E-state index in [1.54, 1.807) is 44.6 Å². The lowest BCUT2D eigenvalue weighted by atomic mass is 10.0. The van der Waals surface area contributed by atoms with Crippen LogP contribution in [0.5, 0.6) is 11.5 Å². The second kappa shape index (κ2) is 8.17. The quantitative estimate of drug-likeness (QED) is 0.451. The van der Waals surface area contributed by atoms with Crippen LogP contribution in [0.25, 0.3) is 17.2 Å². The topological polar surface area (TPSA) is 35.5 Å². The Balaban J connectivity index is 1.78. The Kier molecular flexibility index (Phi) is 5.49. The number of ketones is 1. The standard InChI is InChI=1S/C23H20O3/c1-25-20-13-15-23(26-2)21(16-20)22(24)14-10-17-8-11-19(12-9-17)18-6-4-3-5-7-18/h3-16H,1-2H3/b14-10+. The van der Waals surface area contributed by atoms with Gasteiger partial charge in [-0.3, -0.25) is 4.79 Å².